The van der Waals surface area contributed by atoms with Crippen molar-refractivity contribution in [3.8, 4) is 12.3 Å². The fraction of sp³-hybridized carbons (Fsp3) is 0.773. The van der Waals surface area contributed by atoms with Crippen LogP contribution in [0.5, 0.6) is 0 Å². The molecule has 0 unspecified atom stereocenters. The van der Waals surface area contributed by atoms with E-state index in [4.69, 9.17) is 6.42 Å². The summed E-state index contributed by atoms with van der Waals surface area (Å²) >= 11 is 0. The molecule has 0 bridgehead atoms. The number of nitrogens with zero attached hydrogens (tertiary/aromatic N) is 2. The lowest BCUT2D eigenvalue weighted by Crippen LogP contribution is -2.26. The minimum Gasteiger partial charge on any atom is -0.356 e. The molecule has 0 aromatic rings. The van der Waals surface area contributed by atoms with Crippen LogP contribution in [0, 0.1) is 12.3 Å². The van der Waals surface area contributed by atoms with E-state index in [2.05, 4.69) is 33.6 Å². The Morgan fingerprint density at radius 1 is 0.962 bits per heavy atom. The molecule has 146 valence electrons. The van der Waals surface area contributed by atoms with Gasteiger partial charge in [0.25, 0.3) is 0 Å². The molecule has 0 saturated heterocycles. The first kappa shape index (κ1) is 22.4. The van der Waals surface area contributed by atoms with Crippen LogP contribution >= 0.6 is 0 Å². The lowest BCUT2D eigenvalue weighted by Gasteiger charge is -2.06. The Balaban J connectivity index is 1.75. The van der Waals surface area contributed by atoms with Gasteiger partial charge in [0.05, 0.1) is 0 Å². The maximum atomic E-state index is 11.7. The Kier molecular flexibility index (Phi) is 12.5. The SMILES string of the molecule is C#CCCCCCC/C=C\CCCCCCCC(=O)NCCC1(C)N=N1. The number of rotatable bonds is 17. The lowest BCUT2D eigenvalue weighted by molar-refractivity contribution is -0.121. The maximum Gasteiger partial charge on any atom is 0.219 e. The third kappa shape index (κ3) is 13.6. The zero-order valence-electron chi connectivity index (χ0n) is 16.6. The molecule has 1 rings (SSSR count). The molecule has 26 heavy (non-hydrogen) atoms. The van der Waals surface area contributed by atoms with Crippen molar-refractivity contribution < 1.29 is 4.79 Å². The van der Waals surface area contributed by atoms with Crippen molar-refractivity contribution in [2.75, 3.05) is 6.54 Å². The van der Waals surface area contributed by atoms with Crippen LogP contribution < -0.4 is 5.32 Å². The highest BCUT2D eigenvalue weighted by atomic mass is 16.1. The lowest BCUT2D eigenvalue weighted by atomic mass is 10.1. The molecule has 1 N–H and O–H groups in total. The van der Waals surface area contributed by atoms with E-state index < -0.39 is 0 Å². The summed E-state index contributed by atoms with van der Waals surface area (Å²) in [4.78, 5) is 11.7. The summed E-state index contributed by atoms with van der Waals surface area (Å²) in [7, 11) is 0. The predicted octanol–water partition coefficient (Wildman–Crippen LogP) is 5.94. The van der Waals surface area contributed by atoms with Crippen molar-refractivity contribution in [1.82, 2.24) is 5.32 Å². The molecule has 1 aliphatic heterocycles. The normalized spacial score (nSPS) is 14.5. The zero-order valence-corrected chi connectivity index (χ0v) is 16.6. The van der Waals surface area contributed by atoms with Crippen molar-refractivity contribution in [1.29, 1.82) is 0 Å². The summed E-state index contributed by atoms with van der Waals surface area (Å²) in [5, 5.41) is 10.8. The summed E-state index contributed by atoms with van der Waals surface area (Å²) in [6.45, 7) is 2.66. The van der Waals surface area contributed by atoms with Crippen LogP contribution in [0.1, 0.15) is 96.8 Å². The first-order valence-electron chi connectivity index (χ1n) is 10.5. The molecule has 0 saturated carbocycles. The monoisotopic (exact) mass is 359 g/mol. The summed E-state index contributed by atoms with van der Waals surface area (Å²) in [5.41, 5.74) is -0.204. The van der Waals surface area contributed by atoms with Gasteiger partial charge in [0, 0.05) is 25.8 Å². The molecular weight excluding hydrogens is 322 g/mol. The van der Waals surface area contributed by atoms with Crippen molar-refractivity contribution in [2.24, 2.45) is 10.2 Å². The first-order valence-corrected chi connectivity index (χ1v) is 10.5. The molecule has 0 aliphatic carbocycles. The highest BCUT2D eigenvalue weighted by Gasteiger charge is 2.32. The number of terminal acetylenes is 1. The Bertz CT molecular complexity index is 470. The Morgan fingerprint density at radius 3 is 2.15 bits per heavy atom. The average molecular weight is 360 g/mol. The van der Waals surface area contributed by atoms with E-state index in [-0.39, 0.29) is 11.6 Å². The molecule has 4 nitrogen and oxygen atoms in total. The van der Waals surface area contributed by atoms with Crippen LogP contribution in [0.4, 0.5) is 0 Å². The smallest absolute Gasteiger partial charge is 0.219 e. The number of allylic oxidation sites excluding steroid dienone is 2. The van der Waals surface area contributed by atoms with Crippen LogP contribution in [0.3, 0.4) is 0 Å². The molecule has 0 spiro atoms. The summed E-state index contributed by atoms with van der Waals surface area (Å²) < 4.78 is 0. The zero-order chi connectivity index (χ0) is 18.9. The number of amides is 1. The molecule has 0 atom stereocenters. The van der Waals surface area contributed by atoms with Crippen molar-refractivity contribution >= 4 is 5.91 Å². The second-order valence-corrected chi connectivity index (χ2v) is 7.45. The minimum absolute atomic E-state index is 0.163. The third-order valence-corrected chi connectivity index (χ3v) is 4.75. The van der Waals surface area contributed by atoms with Gasteiger partial charge in [-0.2, -0.15) is 10.2 Å². The van der Waals surface area contributed by atoms with Gasteiger partial charge in [0.1, 0.15) is 0 Å². The van der Waals surface area contributed by atoms with Crippen molar-refractivity contribution in [3.05, 3.63) is 12.2 Å². The largest absolute Gasteiger partial charge is 0.356 e. The fourth-order valence-corrected chi connectivity index (χ4v) is 2.87. The molecular formula is C22H37N3O. The number of unbranched alkanes of at least 4 members (excludes halogenated alkanes) is 10. The molecule has 0 fully saturated rings. The molecule has 1 heterocycles. The van der Waals surface area contributed by atoms with Crippen molar-refractivity contribution in [2.45, 2.75) is 102 Å². The van der Waals surface area contributed by atoms with Crippen LogP contribution in [-0.2, 0) is 4.79 Å². The van der Waals surface area contributed by atoms with E-state index in [0.717, 1.165) is 25.7 Å². The van der Waals surface area contributed by atoms with Gasteiger partial charge >= 0.3 is 0 Å². The van der Waals surface area contributed by atoms with Gasteiger partial charge in [-0.3, -0.25) is 4.79 Å². The molecule has 4 heteroatoms. The topological polar surface area (TPSA) is 53.8 Å². The molecule has 0 aromatic heterocycles. The number of carbonyl (C=O) groups excluding carboxylic acids is 1. The quantitative estimate of drug-likeness (QED) is 0.195. The second kappa shape index (κ2) is 14.5. The fourth-order valence-electron chi connectivity index (χ4n) is 2.87. The van der Waals surface area contributed by atoms with Gasteiger partial charge in [-0.05, 0) is 45.4 Å². The van der Waals surface area contributed by atoms with Gasteiger partial charge in [-0.25, -0.2) is 0 Å². The molecule has 1 aliphatic rings. The molecule has 0 radical (unpaired) electrons. The minimum atomic E-state index is -0.204. The summed E-state index contributed by atoms with van der Waals surface area (Å²) in [5.74, 6) is 2.85. The second-order valence-electron chi connectivity index (χ2n) is 7.45. The Labute approximate surface area is 160 Å². The standard InChI is InChI=1S/C22H37N3O/c1-3-4-5-6-7-8-9-10-11-12-13-14-15-16-17-18-21(26)23-20-19-22(2)24-25-22/h1,10-11H,4-9,12-20H2,2H3,(H,23,26)/b11-10-. The van der Waals surface area contributed by atoms with Gasteiger partial charge in [0.15, 0.2) is 5.66 Å². The highest BCUT2D eigenvalue weighted by molar-refractivity contribution is 5.75. The Morgan fingerprint density at radius 2 is 1.54 bits per heavy atom. The third-order valence-electron chi connectivity index (χ3n) is 4.75. The maximum absolute atomic E-state index is 11.7. The van der Waals surface area contributed by atoms with Crippen molar-refractivity contribution in [3.63, 3.8) is 0 Å². The first-order chi connectivity index (χ1) is 12.7. The molecule has 0 aromatic carbocycles. The predicted molar refractivity (Wildman–Crippen MR) is 109 cm³/mol. The van der Waals surface area contributed by atoms with E-state index in [1.165, 1.54) is 57.8 Å². The van der Waals surface area contributed by atoms with E-state index in [1.807, 2.05) is 6.92 Å². The number of hydrogen-bond donors (Lipinski definition) is 1. The highest BCUT2D eigenvalue weighted by Crippen LogP contribution is 2.29. The summed E-state index contributed by atoms with van der Waals surface area (Å²) in [6.07, 6.45) is 25.6. The van der Waals surface area contributed by atoms with Gasteiger partial charge in [-0.1, -0.05) is 44.3 Å². The van der Waals surface area contributed by atoms with E-state index in [9.17, 15) is 4.79 Å². The van der Waals surface area contributed by atoms with E-state index in [0.29, 0.717) is 13.0 Å². The number of hydrogen-bond acceptors (Lipinski definition) is 3. The van der Waals surface area contributed by atoms with Gasteiger partial charge < -0.3 is 5.32 Å². The molecule has 1 amide bonds. The van der Waals surface area contributed by atoms with Crippen LogP contribution in [0.15, 0.2) is 22.4 Å². The van der Waals surface area contributed by atoms with E-state index in [1.54, 1.807) is 0 Å². The number of nitrogens with one attached hydrogen (secondary N) is 1. The summed E-state index contributed by atoms with van der Waals surface area (Å²) in [6, 6.07) is 0. The van der Waals surface area contributed by atoms with Gasteiger partial charge in [0.2, 0.25) is 5.91 Å². The van der Waals surface area contributed by atoms with Crippen LogP contribution in [0.2, 0.25) is 0 Å². The average Bonchev–Trinajstić information content (AvgIpc) is 3.35. The van der Waals surface area contributed by atoms with E-state index >= 15 is 0 Å². The number of carbonyl (C=O) groups is 1. The van der Waals surface area contributed by atoms with Gasteiger partial charge in [-0.15, -0.1) is 12.3 Å². The van der Waals surface area contributed by atoms with Crippen LogP contribution in [0.25, 0.3) is 0 Å². The van der Waals surface area contributed by atoms with Crippen LogP contribution in [-0.4, -0.2) is 18.1 Å². The Hall–Kier alpha value is -1.63.